The highest BCUT2D eigenvalue weighted by Gasteiger charge is 2.32. The lowest BCUT2D eigenvalue weighted by Crippen LogP contribution is -2.52. The van der Waals surface area contributed by atoms with Crippen molar-refractivity contribution in [2.24, 2.45) is 5.92 Å². The van der Waals surface area contributed by atoms with Gasteiger partial charge < -0.3 is 15.3 Å². The summed E-state index contributed by atoms with van der Waals surface area (Å²) in [6, 6.07) is 0. The Bertz CT molecular complexity index is 227. The maximum absolute atomic E-state index is 11.3. The summed E-state index contributed by atoms with van der Waals surface area (Å²) in [5, 5.41) is 12.5. The molecule has 0 saturated heterocycles. The van der Waals surface area contributed by atoms with Gasteiger partial charge in [-0.15, -0.1) is 0 Å². The third kappa shape index (κ3) is 6.03. The second kappa shape index (κ2) is 7.67. The van der Waals surface area contributed by atoms with Crippen LogP contribution in [-0.2, 0) is 4.79 Å². The fourth-order valence-corrected chi connectivity index (χ4v) is 2.08. The summed E-state index contributed by atoms with van der Waals surface area (Å²) in [4.78, 5) is 13.6. The van der Waals surface area contributed by atoms with Gasteiger partial charge in [-0.2, -0.15) is 0 Å². The van der Waals surface area contributed by atoms with Gasteiger partial charge in [0.15, 0.2) is 0 Å². The molecular formula is C13H28N2O2. The van der Waals surface area contributed by atoms with Crippen LogP contribution in [0.15, 0.2) is 0 Å². The number of likely N-dealkylation sites (N-methyl/N-ethyl adjacent to an activating group) is 1. The largest absolute Gasteiger partial charge is 0.480 e. The summed E-state index contributed by atoms with van der Waals surface area (Å²) in [6.45, 7) is 13.7. The maximum atomic E-state index is 11.3. The van der Waals surface area contributed by atoms with Crippen molar-refractivity contribution in [1.29, 1.82) is 0 Å². The minimum Gasteiger partial charge on any atom is -0.480 e. The predicted octanol–water partition coefficient (Wildman–Crippen LogP) is 1.81. The average Bonchev–Trinajstić information content (AvgIpc) is 2.23. The van der Waals surface area contributed by atoms with Crippen molar-refractivity contribution in [1.82, 2.24) is 10.2 Å². The van der Waals surface area contributed by atoms with E-state index >= 15 is 0 Å². The van der Waals surface area contributed by atoms with Gasteiger partial charge in [0.25, 0.3) is 0 Å². The minimum absolute atomic E-state index is 0.372. The number of carboxylic acids is 1. The van der Waals surface area contributed by atoms with Gasteiger partial charge in [0.05, 0.1) is 0 Å². The summed E-state index contributed by atoms with van der Waals surface area (Å²) in [6.07, 6.45) is 0.653. The number of nitrogens with zero attached hydrogens (tertiary/aromatic N) is 1. The Morgan fingerprint density at radius 2 is 1.88 bits per heavy atom. The van der Waals surface area contributed by atoms with E-state index < -0.39 is 11.5 Å². The van der Waals surface area contributed by atoms with Gasteiger partial charge in [-0.1, -0.05) is 27.7 Å². The fraction of sp³-hybridized carbons (Fsp3) is 0.923. The number of carboxylic acid groups (broad SMARTS) is 1. The van der Waals surface area contributed by atoms with Crippen molar-refractivity contribution in [3.8, 4) is 0 Å². The van der Waals surface area contributed by atoms with Crippen molar-refractivity contribution in [2.75, 3.05) is 26.2 Å². The van der Waals surface area contributed by atoms with Gasteiger partial charge in [0, 0.05) is 13.1 Å². The van der Waals surface area contributed by atoms with Crippen LogP contribution < -0.4 is 5.32 Å². The molecule has 0 aromatic heterocycles. The Labute approximate surface area is 105 Å². The fourth-order valence-electron chi connectivity index (χ4n) is 2.08. The SMILES string of the molecule is CCN(CC)CCNC(C)(CC(C)C)C(=O)O. The molecule has 2 N–H and O–H groups in total. The Morgan fingerprint density at radius 3 is 2.24 bits per heavy atom. The van der Waals surface area contributed by atoms with Gasteiger partial charge in [-0.25, -0.2) is 0 Å². The summed E-state index contributed by atoms with van der Waals surface area (Å²) in [5.41, 5.74) is -0.804. The molecule has 0 bridgehead atoms. The van der Waals surface area contributed by atoms with Crippen LogP contribution in [0.2, 0.25) is 0 Å². The van der Waals surface area contributed by atoms with Gasteiger partial charge in [0.2, 0.25) is 0 Å². The van der Waals surface area contributed by atoms with E-state index in [1.165, 1.54) is 0 Å². The highest BCUT2D eigenvalue weighted by atomic mass is 16.4. The summed E-state index contributed by atoms with van der Waals surface area (Å²) in [5.74, 6) is -0.386. The smallest absolute Gasteiger partial charge is 0.323 e. The first-order valence-electron chi connectivity index (χ1n) is 6.56. The van der Waals surface area contributed by atoms with Crippen LogP contribution in [-0.4, -0.2) is 47.7 Å². The van der Waals surface area contributed by atoms with Gasteiger partial charge >= 0.3 is 5.97 Å². The first kappa shape index (κ1) is 16.4. The van der Waals surface area contributed by atoms with Crippen molar-refractivity contribution in [3.05, 3.63) is 0 Å². The molecule has 0 aliphatic heterocycles. The number of hydrogen-bond donors (Lipinski definition) is 2. The lowest BCUT2D eigenvalue weighted by atomic mass is 9.91. The predicted molar refractivity (Wildman–Crippen MR) is 71.3 cm³/mol. The van der Waals surface area contributed by atoms with Crippen LogP contribution in [0, 0.1) is 5.92 Å². The first-order valence-corrected chi connectivity index (χ1v) is 6.56. The zero-order chi connectivity index (χ0) is 13.5. The van der Waals surface area contributed by atoms with Crippen LogP contribution in [0.4, 0.5) is 0 Å². The molecule has 102 valence electrons. The third-order valence-corrected chi connectivity index (χ3v) is 3.13. The quantitative estimate of drug-likeness (QED) is 0.649. The van der Waals surface area contributed by atoms with E-state index in [0.29, 0.717) is 12.3 Å². The van der Waals surface area contributed by atoms with Crippen LogP contribution in [0.1, 0.15) is 41.0 Å². The second-order valence-electron chi connectivity index (χ2n) is 5.19. The molecule has 0 spiro atoms. The number of hydrogen-bond acceptors (Lipinski definition) is 3. The van der Waals surface area contributed by atoms with Crippen LogP contribution in [0.5, 0.6) is 0 Å². The molecule has 0 aliphatic carbocycles. The zero-order valence-electron chi connectivity index (χ0n) is 11.9. The maximum Gasteiger partial charge on any atom is 0.323 e. The number of nitrogens with one attached hydrogen (secondary N) is 1. The van der Waals surface area contributed by atoms with E-state index in [1.807, 2.05) is 13.8 Å². The molecule has 0 amide bonds. The van der Waals surface area contributed by atoms with E-state index in [1.54, 1.807) is 6.92 Å². The van der Waals surface area contributed by atoms with Gasteiger partial charge in [-0.3, -0.25) is 4.79 Å². The van der Waals surface area contributed by atoms with E-state index in [0.717, 1.165) is 26.2 Å². The first-order chi connectivity index (χ1) is 7.85. The number of aliphatic carboxylic acids is 1. The Hall–Kier alpha value is -0.610. The third-order valence-electron chi connectivity index (χ3n) is 3.13. The zero-order valence-corrected chi connectivity index (χ0v) is 11.9. The van der Waals surface area contributed by atoms with Crippen molar-refractivity contribution in [3.63, 3.8) is 0 Å². The molecular weight excluding hydrogens is 216 g/mol. The molecule has 0 rings (SSSR count). The second-order valence-corrected chi connectivity index (χ2v) is 5.19. The normalized spacial score (nSPS) is 15.2. The number of rotatable bonds is 9. The molecule has 1 unspecified atom stereocenters. The van der Waals surface area contributed by atoms with E-state index in [-0.39, 0.29) is 0 Å². The molecule has 0 fully saturated rings. The molecule has 0 aromatic rings. The van der Waals surface area contributed by atoms with Gasteiger partial charge in [0.1, 0.15) is 5.54 Å². The van der Waals surface area contributed by atoms with E-state index in [2.05, 4.69) is 24.1 Å². The van der Waals surface area contributed by atoms with E-state index in [9.17, 15) is 9.90 Å². The summed E-state index contributed by atoms with van der Waals surface area (Å²) < 4.78 is 0. The van der Waals surface area contributed by atoms with Crippen LogP contribution in [0.25, 0.3) is 0 Å². The van der Waals surface area contributed by atoms with Gasteiger partial charge in [-0.05, 0) is 32.4 Å². The van der Waals surface area contributed by atoms with Crippen molar-refractivity contribution < 1.29 is 9.90 Å². The molecule has 0 radical (unpaired) electrons. The molecule has 1 atom stereocenters. The highest BCUT2D eigenvalue weighted by molar-refractivity contribution is 5.78. The lowest BCUT2D eigenvalue weighted by Gasteiger charge is -2.29. The molecule has 0 aliphatic rings. The molecule has 4 heteroatoms. The lowest BCUT2D eigenvalue weighted by molar-refractivity contribution is -0.144. The minimum atomic E-state index is -0.804. The summed E-state index contributed by atoms with van der Waals surface area (Å²) in [7, 11) is 0. The Morgan fingerprint density at radius 1 is 1.35 bits per heavy atom. The molecule has 0 aromatic carbocycles. The monoisotopic (exact) mass is 244 g/mol. The van der Waals surface area contributed by atoms with Crippen molar-refractivity contribution >= 4 is 5.97 Å². The highest BCUT2D eigenvalue weighted by Crippen LogP contribution is 2.16. The summed E-state index contributed by atoms with van der Waals surface area (Å²) >= 11 is 0. The van der Waals surface area contributed by atoms with Crippen molar-refractivity contribution in [2.45, 2.75) is 46.6 Å². The van der Waals surface area contributed by atoms with Crippen LogP contribution in [0.3, 0.4) is 0 Å². The Kier molecular flexibility index (Phi) is 7.39. The van der Waals surface area contributed by atoms with E-state index in [4.69, 9.17) is 0 Å². The molecule has 4 nitrogen and oxygen atoms in total. The standard InChI is InChI=1S/C13H28N2O2/c1-6-15(7-2)9-8-14-13(5,12(16)17)10-11(3)4/h11,14H,6-10H2,1-5H3,(H,16,17). The molecule has 17 heavy (non-hydrogen) atoms. The Balaban J connectivity index is 4.23. The molecule has 0 saturated carbocycles. The topological polar surface area (TPSA) is 52.6 Å². The average molecular weight is 244 g/mol. The number of carbonyl (C=O) groups is 1. The van der Waals surface area contributed by atoms with Crippen LogP contribution >= 0.6 is 0 Å². The molecule has 0 heterocycles.